The van der Waals surface area contributed by atoms with E-state index in [0.29, 0.717) is 13.0 Å². The van der Waals surface area contributed by atoms with Gasteiger partial charge < -0.3 is 20.2 Å². The summed E-state index contributed by atoms with van der Waals surface area (Å²) in [4.78, 5) is 46.9. The molecule has 0 aliphatic carbocycles. The molecule has 4 amide bonds. The molecule has 2 fully saturated rings. The fourth-order valence-electron chi connectivity index (χ4n) is 6.23. The van der Waals surface area contributed by atoms with Crippen molar-refractivity contribution in [3.05, 3.63) is 108 Å². The van der Waals surface area contributed by atoms with Gasteiger partial charge in [0, 0.05) is 37.4 Å². The molecule has 3 N–H and O–H groups in total. The number of amides is 4. The third-order valence-electron chi connectivity index (χ3n) is 8.30. The molecule has 0 saturated carbocycles. The van der Waals surface area contributed by atoms with Crippen molar-refractivity contribution < 1.29 is 19.5 Å². The molecule has 3 heterocycles. The van der Waals surface area contributed by atoms with E-state index in [1.165, 1.54) is 0 Å². The van der Waals surface area contributed by atoms with Crippen LogP contribution in [0.4, 0.5) is 4.79 Å². The molecule has 46 heavy (non-hydrogen) atoms. The number of fused-ring (bicyclic) bond motifs is 2. The van der Waals surface area contributed by atoms with Gasteiger partial charge in [-0.25, -0.2) is 4.79 Å². The summed E-state index contributed by atoms with van der Waals surface area (Å²) in [7, 11) is 0. The summed E-state index contributed by atoms with van der Waals surface area (Å²) in [6.07, 6.45) is 3.57. The average Bonchev–Trinajstić information content (AvgIpc) is 3.50. The molecule has 4 aromatic rings. The van der Waals surface area contributed by atoms with Gasteiger partial charge in [-0.1, -0.05) is 74.2 Å². The lowest BCUT2D eigenvalue weighted by atomic mass is 9.93. The van der Waals surface area contributed by atoms with Crippen molar-refractivity contribution >= 4 is 55.7 Å². The van der Waals surface area contributed by atoms with Crippen LogP contribution in [0.1, 0.15) is 37.0 Å². The molecule has 2 saturated heterocycles. The van der Waals surface area contributed by atoms with Crippen LogP contribution in [0.2, 0.25) is 0 Å². The highest BCUT2D eigenvalue weighted by Gasteiger charge is 2.51. The van der Waals surface area contributed by atoms with Crippen molar-refractivity contribution in [2.45, 2.75) is 58.0 Å². The number of nitrogens with zero attached hydrogens (tertiary/aromatic N) is 4. The van der Waals surface area contributed by atoms with Crippen LogP contribution < -0.4 is 5.32 Å². The van der Waals surface area contributed by atoms with Gasteiger partial charge in [0.15, 0.2) is 0 Å². The Balaban J connectivity index is 0.00000192. The van der Waals surface area contributed by atoms with Gasteiger partial charge in [-0.3, -0.25) is 19.6 Å². The zero-order valence-corrected chi connectivity index (χ0v) is 26.7. The van der Waals surface area contributed by atoms with Crippen LogP contribution in [0.25, 0.3) is 10.9 Å². The Bertz CT molecular complexity index is 1650. The fourth-order valence-corrected chi connectivity index (χ4v) is 6.23. The lowest BCUT2D eigenvalue weighted by Crippen LogP contribution is -2.74. The summed E-state index contributed by atoms with van der Waals surface area (Å²) in [5, 5.41) is 21.0. The maximum atomic E-state index is 14.2. The van der Waals surface area contributed by atoms with Crippen LogP contribution in [-0.4, -0.2) is 72.6 Å². The maximum Gasteiger partial charge on any atom is 0.319 e. The number of H-pyrrole nitrogens is 1. The van der Waals surface area contributed by atoms with E-state index in [1.807, 2.05) is 48.5 Å². The quantitative estimate of drug-likeness (QED) is 0.234. The fraction of sp³-hybridized carbons (Fsp3) is 0.294. The van der Waals surface area contributed by atoms with E-state index in [9.17, 15) is 19.5 Å². The van der Waals surface area contributed by atoms with Crippen LogP contribution in [0.15, 0.2) is 91.6 Å². The van der Waals surface area contributed by atoms with Gasteiger partial charge in [-0.2, -0.15) is 32.1 Å². The standard InChI is InChI=1S/C33H34N6O4.CH4.2H2S/c1-2-7-26-17-30(41)39-28(16-22-12-14-27(40)15-13-22)32(42)37(20-25-11-6-10-24-19-35-36-31(24)25)21-29(39)38(26)33(43)34-18-23-8-4-3-5-9-23;;;/h2-6,8-15,19,26,28-29,40H,1,7,16-18,20-21H2,(H,34,43)(H,35,36);1H4;2*1H2/t26-,28+,29-;;;/m1.../s1. The van der Waals surface area contributed by atoms with Gasteiger partial charge in [-0.15, -0.1) is 6.58 Å². The second-order valence-electron chi connectivity index (χ2n) is 11.1. The normalized spacial score (nSPS) is 19.0. The van der Waals surface area contributed by atoms with Crippen molar-refractivity contribution in [1.29, 1.82) is 0 Å². The minimum atomic E-state index is -0.828. The van der Waals surface area contributed by atoms with Crippen molar-refractivity contribution in [2.24, 2.45) is 0 Å². The summed E-state index contributed by atoms with van der Waals surface area (Å²) < 4.78 is 0. The number of nitrogens with one attached hydrogen (secondary N) is 2. The maximum absolute atomic E-state index is 14.2. The lowest BCUT2D eigenvalue weighted by molar-refractivity contribution is -0.170. The Morgan fingerprint density at radius 3 is 2.48 bits per heavy atom. The first-order valence-corrected chi connectivity index (χ1v) is 14.4. The number of aromatic amines is 1. The second kappa shape index (κ2) is 15.7. The monoisotopic (exact) mass is 662 g/mol. The minimum Gasteiger partial charge on any atom is -0.508 e. The van der Waals surface area contributed by atoms with E-state index in [1.54, 1.807) is 51.2 Å². The molecule has 2 aliphatic heterocycles. The number of carbonyl (C=O) groups excluding carboxylic acids is 3. The van der Waals surface area contributed by atoms with Crippen LogP contribution in [-0.2, 0) is 29.1 Å². The minimum absolute atomic E-state index is 0. The zero-order valence-electron chi connectivity index (χ0n) is 24.7. The number of urea groups is 1. The number of phenolic OH excluding ortho intramolecular Hbond substituents is 1. The topological polar surface area (TPSA) is 122 Å². The molecule has 10 nitrogen and oxygen atoms in total. The molecule has 244 valence electrons. The molecule has 0 unspecified atom stereocenters. The van der Waals surface area contributed by atoms with Crippen LogP contribution in [0, 0.1) is 0 Å². The Hall–Kier alpha value is -4.42. The summed E-state index contributed by atoms with van der Waals surface area (Å²) in [5.41, 5.74) is 3.49. The van der Waals surface area contributed by atoms with E-state index in [0.717, 1.165) is 27.6 Å². The molecular weight excluding hydrogens is 621 g/mol. The highest BCUT2D eigenvalue weighted by molar-refractivity contribution is 7.59. The SMILES string of the molecule is C.C=CC[C@@H]1CC(=O)N2[C@H](CN(Cc3cccc4cn[nH]c34)C(=O)[C@@H]2Cc2ccc(O)cc2)N1C(=O)NCc1ccccc1.S.S. The van der Waals surface area contributed by atoms with Gasteiger partial charge in [-0.05, 0) is 35.2 Å². The van der Waals surface area contributed by atoms with Crippen LogP contribution in [0.3, 0.4) is 0 Å². The molecule has 3 aromatic carbocycles. The Kier molecular flexibility index (Phi) is 12.3. The molecule has 2 aliphatic rings. The van der Waals surface area contributed by atoms with E-state index >= 15 is 0 Å². The number of aromatic nitrogens is 2. The number of aromatic hydroxyl groups is 1. The third-order valence-corrected chi connectivity index (χ3v) is 8.30. The molecule has 6 rings (SSSR count). The zero-order chi connectivity index (χ0) is 29.9. The Morgan fingerprint density at radius 2 is 1.76 bits per heavy atom. The number of hydrogen-bond donors (Lipinski definition) is 3. The number of benzene rings is 3. The van der Waals surface area contributed by atoms with E-state index in [-0.39, 0.29) is 83.9 Å². The smallest absolute Gasteiger partial charge is 0.319 e. The molecule has 1 aromatic heterocycles. The van der Waals surface area contributed by atoms with Gasteiger partial charge in [0.05, 0.1) is 18.3 Å². The van der Waals surface area contributed by atoms with Crippen molar-refractivity contribution in [3.8, 4) is 5.75 Å². The first-order chi connectivity index (χ1) is 20.9. The lowest BCUT2D eigenvalue weighted by Gasteiger charge is -2.54. The summed E-state index contributed by atoms with van der Waals surface area (Å²) in [5.74, 6) is -0.245. The number of rotatable bonds is 8. The van der Waals surface area contributed by atoms with Gasteiger partial charge in [0.1, 0.15) is 18.0 Å². The van der Waals surface area contributed by atoms with E-state index in [4.69, 9.17) is 0 Å². The number of para-hydroxylation sites is 1. The number of carbonyl (C=O) groups is 3. The molecular formula is C34H42N6O4S2. The predicted molar refractivity (Wildman–Crippen MR) is 189 cm³/mol. The van der Waals surface area contributed by atoms with E-state index < -0.39 is 18.2 Å². The van der Waals surface area contributed by atoms with Crippen molar-refractivity contribution in [3.63, 3.8) is 0 Å². The highest BCUT2D eigenvalue weighted by atomic mass is 32.1. The molecule has 0 bridgehead atoms. The molecule has 12 heteroatoms. The molecule has 3 atom stereocenters. The Labute approximate surface area is 283 Å². The highest BCUT2D eigenvalue weighted by Crippen LogP contribution is 2.33. The first-order valence-electron chi connectivity index (χ1n) is 14.4. The largest absolute Gasteiger partial charge is 0.508 e. The predicted octanol–water partition coefficient (Wildman–Crippen LogP) is 4.80. The third kappa shape index (κ3) is 7.34. The Morgan fingerprint density at radius 1 is 1.02 bits per heavy atom. The number of phenols is 1. The first kappa shape index (κ1) is 36.1. The van der Waals surface area contributed by atoms with Gasteiger partial charge >= 0.3 is 6.03 Å². The number of hydrogen-bond acceptors (Lipinski definition) is 5. The van der Waals surface area contributed by atoms with Gasteiger partial charge in [0.25, 0.3) is 0 Å². The van der Waals surface area contributed by atoms with Crippen molar-refractivity contribution in [2.75, 3.05) is 6.54 Å². The summed E-state index contributed by atoms with van der Waals surface area (Å²) in [6.45, 7) is 4.66. The second-order valence-corrected chi connectivity index (χ2v) is 11.1. The average molecular weight is 663 g/mol. The van der Waals surface area contributed by atoms with E-state index in [2.05, 4.69) is 22.1 Å². The van der Waals surface area contributed by atoms with Crippen LogP contribution >= 0.6 is 27.0 Å². The molecule has 0 radical (unpaired) electrons. The summed E-state index contributed by atoms with van der Waals surface area (Å²) >= 11 is 0. The number of piperazine rings is 1. The molecule has 0 spiro atoms. The van der Waals surface area contributed by atoms with Crippen LogP contribution in [0.5, 0.6) is 5.75 Å². The summed E-state index contributed by atoms with van der Waals surface area (Å²) in [6, 6.07) is 20.6. The van der Waals surface area contributed by atoms with Gasteiger partial charge in [0.2, 0.25) is 11.8 Å². The van der Waals surface area contributed by atoms with Crippen molar-refractivity contribution in [1.82, 2.24) is 30.2 Å².